The van der Waals surface area contributed by atoms with E-state index >= 15 is 0 Å². The molecule has 0 bridgehead atoms. The summed E-state index contributed by atoms with van der Waals surface area (Å²) < 4.78 is 38.2. The average molecular weight is 294 g/mol. The summed E-state index contributed by atoms with van der Waals surface area (Å²) in [5.74, 6) is 0.0833. The summed E-state index contributed by atoms with van der Waals surface area (Å²) in [6, 6.07) is 2.72. The van der Waals surface area contributed by atoms with Gasteiger partial charge < -0.3 is 10.8 Å². The van der Waals surface area contributed by atoms with Crippen molar-refractivity contribution in [3.8, 4) is 0 Å². The van der Waals surface area contributed by atoms with Gasteiger partial charge in [-0.15, -0.1) is 0 Å². The Balaban J connectivity index is 2.24. The molecule has 0 unspecified atom stereocenters. The van der Waals surface area contributed by atoms with Gasteiger partial charge in [0, 0.05) is 0 Å². The Hall–Kier alpha value is -0.780. The van der Waals surface area contributed by atoms with Crippen LogP contribution in [0.3, 0.4) is 0 Å². The van der Waals surface area contributed by atoms with Crippen LogP contribution in [0.5, 0.6) is 0 Å². The molecular formula is C13H15ClF3NO. The third kappa shape index (κ3) is 3.04. The maximum absolute atomic E-state index is 12.7. The summed E-state index contributed by atoms with van der Waals surface area (Å²) in [6.45, 7) is 0. The predicted molar refractivity (Wildman–Crippen MR) is 66.7 cm³/mol. The topological polar surface area (TPSA) is 46.2 Å². The van der Waals surface area contributed by atoms with E-state index in [1.54, 1.807) is 0 Å². The standard InChI is InChI=1S/C13H15ClF3NO/c14-10-5-4-8(6-9(10)13(15,16)17)11(18)12(19)7-2-1-3-7/h4-7,11-12,19H,1-3,18H2/t11-,12+/m0/s1. The Morgan fingerprint density at radius 3 is 2.42 bits per heavy atom. The molecule has 0 aromatic heterocycles. The Labute approximate surface area is 114 Å². The highest BCUT2D eigenvalue weighted by atomic mass is 35.5. The molecule has 1 aromatic rings. The number of alkyl halides is 3. The van der Waals surface area contributed by atoms with Crippen molar-refractivity contribution >= 4 is 11.6 Å². The second-order valence-corrected chi connectivity index (χ2v) is 5.35. The summed E-state index contributed by atoms with van der Waals surface area (Å²) in [4.78, 5) is 0. The number of aliphatic hydroxyl groups is 1. The Bertz CT molecular complexity index is 460. The lowest BCUT2D eigenvalue weighted by atomic mass is 9.77. The predicted octanol–water partition coefficient (Wildman–Crippen LogP) is 3.52. The number of rotatable bonds is 3. The molecule has 0 radical (unpaired) electrons. The van der Waals surface area contributed by atoms with Gasteiger partial charge in [-0.1, -0.05) is 24.1 Å². The molecule has 2 rings (SSSR count). The highest BCUT2D eigenvalue weighted by molar-refractivity contribution is 6.31. The summed E-state index contributed by atoms with van der Waals surface area (Å²) in [7, 11) is 0. The van der Waals surface area contributed by atoms with Crippen molar-refractivity contribution in [1.82, 2.24) is 0 Å². The van der Waals surface area contributed by atoms with E-state index in [9.17, 15) is 18.3 Å². The lowest BCUT2D eigenvalue weighted by Gasteiger charge is -2.34. The van der Waals surface area contributed by atoms with Gasteiger partial charge in [-0.3, -0.25) is 0 Å². The first kappa shape index (κ1) is 14.6. The van der Waals surface area contributed by atoms with Crippen LogP contribution in [0.15, 0.2) is 18.2 Å². The van der Waals surface area contributed by atoms with E-state index in [1.165, 1.54) is 12.1 Å². The van der Waals surface area contributed by atoms with Gasteiger partial charge in [0.1, 0.15) is 0 Å². The monoisotopic (exact) mass is 293 g/mol. The summed E-state index contributed by atoms with van der Waals surface area (Å²) in [5, 5.41) is 9.66. The van der Waals surface area contributed by atoms with Crippen LogP contribution in [-0.4, -0.2) is 11.2 Å². The lowest BCUT2D eigenvalue weighted by molar-refractivity contribution is -0.137. The van der Waals surface area contributed by atoms with Gasteiger partial charge in [-0.25, -0.2) is 0 Å². The number of hydrogen-bond acceptors (Lipinski definition) is 2. The van der Waals surface area contributed by atoms with Crippen LogP contribution in [0.1, 0.15) is 36.4 Å². The molecule has 1 aliphatic carbocycles. The molecule has 106 valence electrons. The second-order valence-electron chi connectivity index (χ2n) is 4.94. The fourth-order valence-corrected chi connectivity index (χ4v) is 2.46. The first-order valence-electron chi connectivity index (χ1n) is 6.11. The molecule has 6 heteroatoms. The van der Waals surface area contributed by atoms with Crippen molar-refractivity contribution in [3.05, 3.63) is 34.3 Å². The Kier molecular flexibility index (Phi) is 4.08. The Morgan fingerprint density at radius 1 is 1.32 bits per heavy atom. The van der Waals surface area contributed by atoms with Crippen molar-refractivity contribution in [2.75, 3.05) is 0 Å². The van der Waals surface area contributed by atoms with Gasteiger partial charge >= 0.3 is 6.18 Å². The number of aliphatic hydroxyl groups excluding tert-OH is 1. The minimum Gasteiger partial charge on any atom is -0.391 e. The third-order valence-corrected chi connectivity index (χ3v) is 4.01. The average Bonchev–Trinajstić information content (AvgIpc) is 2.24. The molecule has 0 amide bonds. The molecule has 0 heterocycles. The van der Waals surface area contributed by atoms with Crippen LogP contribution in [0.4, 0.5) is 13.2 Å². The van der Waals surface area contributed by atoms with Crippen molar-refractivity contribution in [2.45, 2.75) is 37.6 Å². The first-order valence-corrected chi connectivity index (χ1v) is 6.49. The van der Waals surface area contributed by atoms with Crippen molar-refractivity contribution < 1.29 is 18.3 Å². The fraction of sp³-hybridized carbons (Fsp3) is 0.538. The van der Waals surface area contributed by atoms with E-state index in [1.807, 2.05) is 0 Å². The molecule has 19 heavy (non-hydrogen) atoms. The van der Waals surface area contributed by atoms with E-state index in [2.05, 4.69) is 0 Å². The maximum atomic E-state index is 12.7. The molecule has 0 saturated heterocycles. The normalized spacial score (nSPS) is 19.9. The van der Waals surface area contributed by atoms with E-state index in [-0.39, 0.29) is 16.5 Å². The number of nitrogens with two attached hydrogens (primary N) is 1. The molecule has 1 fully saturated rings. The Morgan fingerprint density at radius 2 is 1.95 bits per heavy atom. The van der Waals surface area contributed by atoms with Gasteiger partial charge in [0.05, 0.1) is 22.7 Å². The highest BCUT2D eigenvalue weighted by Crippen LogP contribution is 2.38. The van der Waals surface area contributed by atoms with E-state index < -0.39 is 23.9 Å². The first-order chi connectivity index (χ1) is 8.80. The SMILES string of the molecule is N[C@@H](c1ccc(Cl)c(C(F)(F)F)c1)[C@H](O)C1CCC1. The fourth-order valence-electron chi connectivity index (χ4n) is 2.24. The van der Waals surface area contributed by atoms with E-state index in [0.29, 0.717) is 0 Å². The zero-order valence-electron chi connectivity index (χ0n) is 10.1. The molecule has 2 atom stereocenters. The maximum Gasteiger partial charge on any atom is 0.417 e. The minimum absolute atomic E-state index is 0.0833. The lowest BCUT2D eigenvalue weighted by Crippen LogP contribution is -2.36. The third-order valence-electron chi connectivity index (χ3n) is 3.68. The van der Waals surface area contributed by atoms with Crippen molar-refractivity contribution in [3.63, 3.8) is 0 Å². The van der Waals surface area contributed by atoms with Crippen LogP contribution in [0.25, 0.3) is 0 Å². The quantitative estimate of drug-likeness (QED) is 0.896. The largest absolute Gasteiger partial charge is 0.417 e. The molecule has 3 N–H and O–H groups in total. The highest BCUT2D eigenvalue weighted by Gasteiger charge is 2.35. The van der Waals surface area contributed by atoms with Gasteiger partial charge in [-0.2, -0.15) is 13.2 Å². The van der Waals surface area contributed by atoms with Gasteiger partial charge in [0.25, 0.3) is 0 Å². The number of hydrogen-bond donors (Lipinski definition) is 2. The van der Waals surface area contributed by atoms with Crippen LogP contribution in [0.2, 0.25) is 5.02 Å². The van der Waals surface area contributed by atoms with Crippen molar-refractivity contribution in [1.29, 1.82) is 0 Å². The zero-order valence-corrected chi connectivity index (χ0v) is 10.9. The summed E-state index contributed by atoms with van der Waals surface area (Å²) >= 11 is 5.54. The molecular weight excluding hydrogens is 279 g/mol. The smallest absolute Gasteiger partial charge is 0.391 e. The van der Waals surface area contributed by atoms with Gasteiger partial charge in [0.2, 0.25) is 0 Å². The molecule has 1 saturated carbocycles. The molecule has 0 spiro atoms. The molecule has 0 aliphatic heterocycles. The molecule has 1 aliphatic rings. The number of halogens is 4. The van der Waals surface area contributed by atoms with Crippen LogP contribution < -0.4 is 5.73 Å². The second kappa shape index (κ2) is 5.31. The van der Waals surface area contributed by atoms with Crippen LogP contribution in [-0.2, 0) is 6.18 Å². The molecule has 2 nitrogen and oxygen atoms in total. The van der Waals surface area contributed by atoms with Crippen molar-refractivity contribution in [2.24, 2.45) is 11.7 Å². The van der Waals surface area contributed by atoms with Crippen LogP contribution >= 0.6 is 11.6 Å². The minimum atomic E-state index is -4.52. The summed E-state index contributed by atoms with van der Waals surface area (Å²) in [5.41, 5.74) is 5.20. The van der Waals surface area contributed by atoms with Gasteiger partial charge in [0.15, 0.2) is 0 Å². The zero-order chi connectivity index (χ0) is 14.2. The van der Waals surface area contributed by atoms with E-state index in [0.717, 1.165) is 25.3 Å². The van der Waals surface area contributed by atoms with E-state index in [4.69, 9.17) is 17.3 Å². The summed E-state index contributed by atoms with van der Waals surface area (Å²) in [6.07, 6.45) is -2.56. The number of benzene rings is 1. The molecule has 1 aromatic carbocycles. The van der Waals surface area contributed by atoms with Gasteiger partial charge in [-0.05, 0) is 36.5 Å². The van der Waals surface area contributed by atoms with Crippen LogP contribution in [0, 0.1) is 5.92 Å².